The van der Waals surface area contributed by atoms with E-state index < -0.39 is 23.2 Å². The van der Waals surface area contributed by atoms with Crippen LogP contribution in [0.25, 0.3) is 22.0 Å². The number of halogens is 3. The molecular formula is C20H18F3N3O3. The van der Waals surface area contributed by atoms with Gasteiger partial charge in [-0.3, -0.25) is 0 Å². The summed E-state index contributed by atoms with van der Waals surface area (Å²) in [5.41, 5.74) is 5.23. The van der Waals surface area contributed by atoms with Gasteiger partial charge in [0.25, 0.3) is 0 Å². The van der Waals surface area contributed by atoms with Crippen LogP contribution in [-0.2, 0) is 4.74 Å². The highest BCUT2D eigenvalue weighted by Gasteiger charge is 2.25. The van der Waals surface area contributed by atoms with E-state index in [2.05, 4.69) is 4.98 Å². The smallest absolute Gasteiger partial charge is 0.173 e. The second-order valence-corrected chi connectivity index (χ2v) is 6.27. The van der Waals surface area contributed by atoms with E-state index in [1.165, 1.54) is 26.2 Å². The Morgan fingerprint density at radius 1 is 1.14 bits per heavy atom. The first-order chi connectivity index (χ1) is 13.8. The lowest BCUT2D eigenvalue weighted by Gasteiger charge is -2.17. The van der Waals surface area contributed by atoms with E-state index in [0.717, 1.165) is 12.1 Å². The molecule has 6 nitrogen and oxygen atoms in total. The molecule has 0 spiro atoms. The number of rotatable bonds is 6. The molecule has 1 heterocycles. The second kappa shape index (κ2) is 7.96. The molecule has 0 bridgehead atoms. The quantitative estimate of drug-likeness (QED) is 0.425. The minimum atomic E-state index is -0.950. The molecular weight excluding hydrogens is 387 g/mol. The van der Waals surface area contributed by atoms with E-state index in [9.17, 15) is 9.50 Å². The van der Waals surface area contributed by atoms with Gasteiger partial charge in [0.15, 0.2) is 11.6 Å². The molecule has 0 aliphatic heterocycles. The number of hydrogen-bond donors (Lipinski definition) is 3. The first kappa shape index (κ1) is 20.4. The Kier molecular flexibility index (Phi) is 5.60. The summed E-state index contributed by atoms with van der Waals surface area (Å²) in [6.07, 6.45) is 0. The Labute approximate surface area is 164 Å². The summed E-state index contributed by atoms with van der Waals surface area (Å²) in [4.78, 5) is 4.04. The molecule has 2 aromatic carbocycles. The lowest BCUT2D eigenvalue weighted by molar-refractivity contribution is 0.144. The number of nitrogen functional groups attached to an aromatic ring is 1. The molecule has 4 N–H and O–H groups in total. The number of nitrogens with zero attached hydrogens (tertiary/aromatic N) is 1. The molecule has 9 heteroatoms. The molecule has 0 saturated heterocycles. The normalized spacial score (nSPS) is 11.1. The second-order valence-electron chi connectivity index (χ2n) is 6.27. The summed E-state index contributed by atoms with van der Waals surface area (Å²) >= 11 is 0. The number of nitrogens with two attached hydrogens (primary N) is 1. The average Bonchev–Trinajstić information content (AvgIpc) is 2.64. The van der Waals surface area contributed by atoms with E-state index in [4.69, 9.17) is 20.6 Å². The predicted octanol–water partition coefficient (Wildman–Crippen LogP) is 4.02. The van der Waals surface area contributed by atoms with Gasteiger partial charge in [0.2, 0.25) is 0 Å². The highest BCUT2D eigenvalue weighted by molar-refractivity contribution is 6.15. The van der Waals surface area contributed by atoms with Crippen molar-refractivity contribution in [2.45, 2.75) is 6.92 Å². The summed E-state index contributed by atoms with van der Waals surface area (Å²) in [5.74, 6) is -3.76. The summed E-state index contributed by atoms with van der Waals surface area (Å²) in [6.45, 7) is 1.47. The number of phenols is 1. The topological polar surface area (TPSA) is 101 Å². The zero-order chi connectivity index (χ0) is 21.3. The number of anilines is 1. The number of hydrogen-bond acceptors (Lipinski definition) is 6. The summed E-state index contributed by atoms with van der Waals surface area (Å²) in [6, 6.07) is 4.03. The zero-order valence-corrected chi connectivity index (χ0v) is 15.6. The van der Waals surface area contributed by atoms with Gasteiger partial charge >= 0.3 is 0 Å². The first-order valence-electron chi connectivity index (χ1n) is 8.53. The Hall–Kier alpha value is -3.33. The number of methoxy groups -OCH3 is 1. The van der Waals surface area contributed by atoms with Crippen molar-refractivity contribution >= 4 is 22.3 Å². The van der Waals surface area contributed by atoms with Crippen LogP contribution in [0.2, 0.25) is 0 Å². The van der Waals surface area contributed by atoms with Crippen LogP contribution in [-0.4, -0.2) is 36.1 Å². The third kappa shape index (κ3) is 3.68. The van der Waals surface area contributed by atoms with Crippen molar-refractivity contribution in [1.29, 1.82) is 5.41 Å². The van der Waals surface area contributed by atoms with Crippen LogP contribution < -0.4 is 10.5 Å². The number of aromatic nitrogens is 1. The minimum absolute atomic E-state index is 0.0305. The van der Waals surface area contributed by atoms with Gasteiger partial charge in [-0.05, 0) is 19.1 Å². The number of aromatic hydroxyl groups is 1. The third-order valence-electron chi connectivity index (χ3n) is 4.29. The van der Waals surface area contributed by atoms with Crippen LogP contribution in [0.4, 0.5) is 19.0 Å². The fraction of sp³-hybridized carbons (Fsp3) is 0.200. The summed E-state index contributed by atoms with van der Waals surface area (Å²) in [5, 5.41) is 16.7. The Balaban J connectivity index is 2.40. The molecule has 0 radical (unpaired) electrons. The maximum absolute atomic E-state index is 15.3. The largest absolute Gasteiger partial charge is 0.508 e. The lowest BCUT2D eigenvalue weighted by Crippen LogP contribution is -2.10. The van der Waals surface area contributed by atoms with E-state index in [0.29, 0.717) is 0 Å². The third-order valence-corrected chi connectivity index (χ3v) is 4.29. The molecule has 0 aliphatic rings. The SMILES string of the molecule is COCCOc1cc(F)c2c(-c3ccc(O)cc3F)nc(N)c(C(C)=N)c2c1F. The van der Waals surface area contributed by atoms with E-state index in [1.807, 2.05) is 0 Å². The number of nitrogens with one attached hydrogen (secondary N) is 1. The molecule has 3 rings (SSSR count). The predicted molar refractivity (Wildman–Crippen MR) is 103 cm³/mol. The molecule has 0 saturated carbocycles. The van der Waals surface area contributed by atoms with Gasteiger partial charge in [-0.25, -0.2) is 18.2 Å². The van der Waals surface area contributed by atoms with Gasteiger partial charge < -0.3 is 25.7 Å². The molecule has 0 fully saturated rings. The monoisotopic (exact) mass is 405 g/mol. The van der Waals surface area contributed by atoms with Crippen LogP contribution in [0, 0.1) is 22.9 Å². The molecule has 29 heavy (non-hydrogen) atoms. The molecule has 1 aromatic heterocycles. The number of pyridine rings is 1. The Bertz CT molecular complexity index is 1120. The van der Waals surface area contributed by atoms with Crippen LogP contribution in [0.15, 0.2) is 24.3 Å². The van der Waals surface area contributed by atoms with Gasteiger partial charge in [-0.15, -0.1) is 0 Å². The van der Waals surface area contributed by atoms with Crippen LogP contribution in [0.5, 0.6) is 11.5 Å². The van der Waals surface area contributed by atoms with Gasteiger partial charge in [0, 0.05) is 46.9 Å². The molecule has 3 aromatic rings. The van der Waals surface area contributed by atoms with Gasteiger partial charge in [0.1, 0.15) is 29.8 Å². The minimum Gasteiger partial charge on any atom is -0.508 e. The van der Waals surface area contributed by atoms with E-state index in [1.54, 1.807) is 0 Å². The highest BCUT2D eigenvalue weighted by Crippen LogP contribution is 2.40. The summed E-state index contributed by atoms with van der Waals surface area (Å²) < 4.78 is 54.9. The first-order valence-corrected chi connectivity index (χ1v) is 8.53. The summed E-state index contributed by atoms with van der Waals surface area (Å²) in [7, 11) is 1.43. The van der Waals surface area contributed by atoms with Crippen LogP contribution in [0.3, 0.4) is 0 Å². The standard InChI is InChI=1S/C20H18F3N3O3/c1-9(24)15-17-16(13(22)8-14(18(17)23)29-6-5-28-2)19(26-20(15)25)11-4-3-10(27)7-12(11)21/h3-4,7-8,24,27H,5-6H2,1-2H3,(H2,25,26). The maximum Gasteiger partial charge on any atom is 0.173 e. The van der Waals surface area contributed by atoms with Gasteiger partial charge in [-0.1, -0.05) is 0 Å². The highest BCUT2D eigenvalue weighted by atomic mass is 19.1. The van der Waals surface area contributed by atoms with Gasteiger partial charge in [-0.2, -0.15) is 0 Å². The Morgan fingerprint density at radius 3 is 2.48 bits per heavy atom. The van der Waals surface area contributed by atoms with Gasteiger partial charge in [0.05, 0.1) is 12.3 Å². The number of fused-ring (bicyclic) bond motifs is 1. The van der Waals surface area contributed by atoms with Crippen molar-refractivity contribution in [2.75, 3.05) is 26.1 Å². The zero-order valence-electron chi connectivity index (χ0n) is 15.6. The van der Waals surface area contributed by atoms with Crippen LogP contribution in [0.1, 0.15) is 12.5 Å². The molecule has 0 unspecified atom stereocenters. The number of phenolic OH excluding ortho intramolecular Hbond substituents is 1. The number of ether oxygens (including phenoxy) is 2. The van der Waals surface area contributed by atoms with E-state index in [-0.39, 0.29) is 58.1 Å². The lowest BCUT2D eigenvalue weighted by atomic mass is 9.96. The Morgan fingerprint density at radius 2 is 1.86 bits per heavy atom. The van der Waals surface area contributed by atoms with Crippen molar-refractivity contribution < 1.29 is 27.8 Å². The molecule has 152 valence electrons. The molecule has 0 amide bonds. The van der Waals surface area contributed by atoms with Crippen molar-refractivity contribution in [2.24, 2.45) is 0 Å². The molecule has 0 atom stereocenters. The van der Waals surface area contributed by atoms with E-state index >= 15 is 8.78 Å². The fourth-order valence-electron chi connectivity index (χ4n) is 3.04. The van der Waals surface area contributed by atoms with Crippen molar-refractivity contribution in [3.8, 4) is 22.8 Å². The molecule has 0 aliphatic carbocycles. The van der Waals surface area contributed by atoms with Crippen LogP contribution >= 0.6 is 0 Å². The van der Waals surface area contributed by atoms with Crippen molar-refractivity contribution in [3.05, 3.63) is 47.3 Å². The number of benzene rings is 2. The maximum atomic E-state index is 15.3. The fourth-order valence-corrected chi connectivity index (χ4v) is 3.04. The van der Waals surface area contributed by atoms with Crippen molar-refractivity contribution in [1.82, 2.24) is 4.98 Å². The van der Waals surface area contributed by atoms with Crippen molar-refractivity contribution in [3.63, 3.8) is 0 Å². The average molecular weight is 405 g/mol.